The molecule has 0 unspecified atom stereocenters. The van der Waals surface area contributed by atoms with Crippen LogP contribution in [0.3, 0.4) is 0 Å². The van der Waals surface area contributed by atoms with Gasteiger partial charge in [0.05, 0.1) is 6.04 Å². The molecule has 3 atom stereocenters. The number of nitrogens with one attached hydrogen (secondary N) is 3. The van der Waals surface area contributed by atoms with Crippen molar-refractivity contribution in [1.82, 2.24) is 20.9 Å². The Bertz CT molecular complexity index is 1070. The summed E-state index contributed by atoms with van der Waals surface area (Å²) < 4.78 is 0. The minimum Gasteiger partial charge on any atom is -0.370 e. The molecule has 2 heterocycles. The van der Waals surface area contributed by atoms with Crippen LogP contribution in [0.1, 0.15) is 75.8 Å². The molecule has 0 bridgehead atoms. The molecule has 2 aliphatic rings. The summed E-state index contributed by atoms with van der Waals surface area (Å²) in [6.07, 6.45) is 5.67. The van der Waals surface area contributed by atoms with Crippen LogP contribution in [-0.2, 0) is 24.0 Å². The fraction of sp³-hybridized carbons (Fsp3) is 0.571. The summed E-state index contributed by atoms with van der Waals surface area (Å²) in [7, 11) is 0. The lowest BCUT2D eigenvalue weighted by atomic mass is 10.0. The highest BCUT2D eigenvalue weighted by molar-refractivity contribution is 6.38. The number of hydrogen-bond acceptors (Lipinski definition) is 6. The number of nitrogens with zero attached hydrogens (tertiary/aromatic N) is 2. The molecule has 7 N–H and O–H groups in total. The van der Waals surface area contributed by atoms with Crippen molar-refractivity contribution in [2.75, 3.05) is 19.6 Å². The van der Waals surface area contributed by atoms with Crippen LogP contribution in [0.5, 0.6) is 0 Å². The van der Waals surface area contributed by atoms with Crippen LogP contribution in [0.15, 0.2) is 35.3 Å². The van der Waals surface area contributed by atoms with Gasteiger partial charge < -0.3 is 32.3 Å². The molecule has 0 radical (unpaired) electrons. The quantitative estimate of drug-likeness (QED) is 0.150. The van der Waals surface area contributed by atoms with Gasteiger partial charge in [-0.3, -0.25) is 29.0 Å². The van der Waals surface area contributed by atoms with Crippen molar-refractivity contribution in [3.63, 3.8) is 0 Å². The fourth-order valence-electron chi connectivity index (χ4n) is 5.06. The van der Waals surface area contributed by atoms with Crippen molar-refractivity contribution in [2.24, 2.45) is 16.5 Å². The zero-order chi connectivity index (χ0) is 28.9. The highest BCUT2D eigenvalue weighted by Crippen LogP contribution is 2.24. The van der Waals surface area contributed by atoms with Crippen LogP contribution in [0.4, 0.5) is 0 Å². The van der Waals surface area contributed by atoms with Crippen molar-refractivity contribution < 1.29 is 24.0 Å². The van der Waals surface area contributed by atoms with E-state index in [-0.39, 0.29) is 37.2 Å². The van der Waals surface area contributed by atoms with Gasteiger partial charge in [0.1, 0.15) is 12.1 Å². The molecule has 0 spiro atoms. The van der Waals surface area contributed by atoms with E-state index in [2.05, 4.69) is 20.9 Å². The largest absolute Gasteiger partial charge is 0.370 e. The monoisotopic (exact) mass is 555 g/mol. The van der Waals surface area contributed by atoms with Gasteiger partial charge in [-0.05, 0) is 44.1 Å². The Hall–Kier alpha value is -3.96. The smallest absolute Gasteiger partial charge is 0.289 e. The van der Waals surface area contributed by atoms with E-state index in [1.54, 1.807) is 24.3 Å². The van der Waals surface area contributed by atoms with Gasteiger partial charge in [-0.25, -0.2) is 0 Å². The van der Waals surface area contributed by atoms with Crippen molar-refractivity contribution in [3.05, 3.63) is 35.9 Å². The molecule has 0 aromatic heterocycles. The van der Waals surface area contributed by atoms with Crippen LogP contribution in [0.25, 0.3) is 0 Å². The molecule has 12 nitrogen and oxygen atoms in total. The number of guanidine groups is 1. The summed E-state index contributed by atoms with van der Waals surface area (Å²) in [6.45, 7) is 0.902. The molecular weight excluding hydrogens is 514 g/mol. The predicted molar refractivity (Wildman–Crippen MR) is 150 cm³/mol. The Kier molecular flexibility index (Phi) is 11.9. The number of Topliss-reactive ketones (excluding diaryl/α,β-unsaturated/α-hetero) is 1. The average Bonchev–Trinajstić information content (AvgIpc) is 3.44. The second-order valence-electron chi connectivity index (χ2n) is 10.2. The van der Waals surface area contributed by atoms with E-state index in [0.29, 0.717) is 50.8 Å². The third-order valence-electron chi connectivity index (χ3n) is 7.19. The number of fused-ring (bicyclic) bond motifs is 1. The molecule has 2 saturated heterocycles. The van der Waals surface area contributed by atoms with E-state index in [9.17, 15) is 24.0 Å². The second-order valence-corrected chi connectivity index (χ2v) is 10.2. The van der Waals surface area contributed by atoms with Gasteiger partial charge in [0.15, 0.2) is 5.96 Å². The molecule has 4 amide bonds. The van der Waals surface area contributed by atoms with E-state index in [4.69, 9.17) is 11.5 Å². The first kappa shape index (κ1) is 30.6. The van der Waals surface area contributed by atoms with E-state index < -0.39 is 35.7 Å². The summed E-state index contributed by atoms with van der Waals surface area (Å²) in [6, 6.07) is 6.08. The molecule has 12 heteroatoms. The Morgan fingerprint density at radius 3 is 2.40 bits per heavy atom. The Morgan fingerprint density at radius 2 is 1.65 bits per heavy atom. The van der Waals surface area contributed by atoms with Gasteiger partial charge in [0.25, 0.3) is 5.91 Å². The number of carbonyl (C=O) groups is 5. The maximum Gasteiger partial charge on any atom is 0.289 e. The topological polar surface area (TPSA) is 189 Å². The molecule has 1 aromatic carbocycles. The Morgan fingerprint density at radius 1 is 0.925 bits per heavy atom. The number of rotatable bonds is 5. The van der Waals surface area contributed by atoms with Gasteiger partial charge in [-0.15, -0.1) is 0 Å². The molecule has 0 aliphatic carbocycles. The first-order valence-corrected chi connectivity index (χ1v) is 14.1. The zero-order valence-electron chi connectivity index (χ0n) is 22.9. The maximum atomic E-state index is 13.8. The third kappa shape index (κ3) is 9.06. The van der Waals surface area contributed by atoms with Crippen molar-refractivity contribution in [1.29, 1.82) is 0 Å². The molecule has 0 saturated carbocycles. The number of ketones is 1. The average molecular weight is 556 g/mol. The van der Waals surface area contributed by atoms with Crippen molar-refractivity contribution in [3.8, 4) is 0 Å². The SMILES string of the molecule is NC(N)=NCCC[C@H]1NC(=O)[C@H]2CCCN2C(=O)[C@H](c2ccccc2)NC(=O)CCCCCCCNC(=O)C1=O. The Labute approximate surface area is 234 Å². The number of hydrogen-bond donors (Lipinski definition) is 5. The van der Waals surface area contributed by atoms with Crippen LogP contribution in [0.2, 0.25) is 0 Å². The van der Waals surface area contributed by atoms with Crippen LogP contribution in [-0.4, -0.2) is 72.0 Å². The summed E-state index contributed by atoms with van der Waals surface area (Å²) in [5, 5.41) is 8.25. The first-order chi connectivity index (χ1) is 19.3. The number of carbonyl (C=O) groups excluding carboxylic acids is 5. The predicted octanol–water partition coefficient (Wildman–Crippen LogP) is 0.413. The second kappa shape index (κ2) is 15.6. The fourth-order valence-corrected chi connectivity index (χ4v) is 5.06. The van der Waals surface area contributed by atoms with Gasteiger partial charge in [0.2, 0.25) is 23.5 Å². The minimum atomic E-state index is -1.09. The number of amides is 4. The first-order valence-electron chi connectivity index (χ1n) is 14.1. The van der Waals surface area contributed by atoms with Gasteiger partial charge in [-0.1, -0.05) is 49.6 Å². The molecule has 2 aliphatic heterocycles. The summed E-state index contributed by atoms with van der Waals surface area (Å²) >= 11 is 0. The van der Waals surface area contributed by atoms with Crippen molar-refractivity contribution in [2.45, 2.75) is 82.3 Å². The van der Waals surface area contributed by atoms with Crippen LogP contribution < -0.4 is 27.4 Å². The summed E-state index contributed by atoms with van der Waals surface area (Å²) in [4.78, 5) is 71.1. The summed E-state index contributed by atoms with van der Waals surface area (Å²) in [5.41, 5.74) is 11.4. The molecule has 40 heavy (non-hydrogen) atoms. The molecule has 218 valence electrons. The highest BCUT2D eigenvalue weighted by Gasteiger charge is 2.39. The number of nitrogens with two attached hydrogens (primary N) is 2. The van der Waals surface area contributed by atoms with E-state index >= 15 is 0 Å². The van der Waals surface area contributed by atoms with Gasteiger partial charge in [-0.2, -0.15) is 0 Å². The lowest BCUT2D eigenvalue weighted by Gasteiger charge is -2.30. The highest BCUT2D eigenvalue weighted by atomic mass is 16.2. The molecule has 2 fully saturated rings. The third-order valence-corrected chi connectivity index (χ3v) is 7.19. The number of benzene rings is 1. The lowest BCUT2D eigenvalue weighted by Crippen LogP contribution is -2.54. The standard InChI is InChI=1S/C28H41N7O5/c29-28(30)32-17-9-13-20-24(37)26(39)31-16-8-3-1-2-7-15-22(36)34-23(19-11-5-4-6-12-19)27(40)35-18-10-14-21(35)25(38)33-20/h4-6,11-12,20-21,23H,1-3,7-10,13-18H2,(H,31,39)(H,33,38)(H,34,36)(H4,29,30,32)/t20-,21-,23+/m1/s1. The lowest BCUT2D eigenvalue weighted by molar-refractivity contribution is -0.143. The van der Waals surface area contributed by atoms with Crippen molar-refractivity contribution >= 4 is 35.4 Å². The van der Waals surface area contributed by atoms with E-state index in [1.807, 2.05) is 6.07 Å². The van der Waals surface area contributed by atoms with Crippen LogP contribution >= 0.6 is 0 Å². The van der Waals surface area contributed by atoms with Crippen LogP contribution in [0, 0.1) is 0 Å². The normalized spacial score (nSPS) is 24.1. The zero-order valence-corrected chi connectivity index (χ0v) is 22.9. The van der Waals surface area contributed by atoms with Gasteiger partial charge >= 0.3 is 0 Å². The molecule has 1 aromatic rings. The maximum absolute atomic E-state index is 13.8. The van der Waals surface area contributed by atoms with E-state index in [0.717, 1.165) is 19.3 Å². The molecule has 3 rings (SSSR count). The molecular formula is C28H41N7O5. The van der Waals surface area contributed by atoms with E-state index in [1.165, 1.54) is 4.90 Å². The summed E-state index contributed by atoms with van der Waals surface area (Å²) in [5.74, 6) is -2.73. The Balaban J connectivity index is 1.84. The van der Waals surface area contributed by atoms with Gasteiger partial charge in [0, 0.05) is 26.1 Å². The number of aliphatic imine (C=N–C) groups is 1. The minimum absolute atomic E-state index is 0.0891.